The van der Waals surface area contributed by atoms with Gasteiger partial charge in [0.2, 0.25) is 0 Å². The highest BCUT2D eigenvalue weighted by Gasteiger charge is 2.39. The highest BCUT2D eigenvalue weighted by molar-refractivity contribution is 6.12. The summed E-state index contributed by atoms with van der Waals surface area (Å²) in [7, 11) is 0. The molecule has 3 rings (SSSR count). The van der Waals surface area contributed by atoms with Crippen molar-refractivity contribution in [2.24, 2.45) is 0 Å². The largest absolute Gasteiger partial charge is 0.367 e. The van der Waals surface area contributed by atoms with E-state index in [4.69, 9.17) is 4.74 Å². The number of ether oxygens (including phenoxy) is 1. The first-order chi connectivity index (χ1) is 8.62. The first-order valence-corrected chi connectivity index (χ1v) is 6.38. The smallest absolute Gasteiger partial charge is 0.196 e. The van der Waals surface area contributed by atoms with Crippen molar-refractivity contribution in [2.45, 2.75) is 32.3 Å². The van der Waals surface area contributed by atoms with E-state index in [0.717, 1.165) is 35.0 Å². The molecule has 1 fully saturated rings. The van der Waals surface area contributed by atoms with E-state index in [9.17, 15) is 4.79 Å². The Morgan fingerprint density at radius 2 is 2.17 bits per heavy atom. The number of para-hydroxylation sites is 1. The van der Waals surface area contributed by atoms with Crippen molar-refractivity contribution in [3.05, 3.63) is 35.5 Å². The Morgan fingerprint density at radius 3 is 2.89 bits per heavy atom. The third kappa shape index (κ3) is 1.58. The Balaban J connectivity index is 2.14. The molecule has 1 N–H and O–H groups in total. The number of hydrogen-bond acceptors (Lipinski definition) is 2. The number of H-pyrrole nitrogens is 1. The fourth-order valence-corrected chi connectivity index (χ4v) is 2.79. The molecule has 1 unspecified atom stereocenters. The number of fused-ring (bicyclic) bond motifs is 1. The van der Waals surface area contributed by atoms with Crippen LogP contribution in [0.25, 0.3) is 10.9 Å². The van der Waals surface area contributed by atoms with Gasteiger partial charge in [-0.1, -0.05) is 18.2 Å². The summed E-state index contributed by atoms with van der Waals surface area (Å²) >= 11 is 0. The zero-order chi connectivity index (χ0) is 12.8. The molecule has 1 saturated heterocycles. The number of carbonyl (C=O) groups is 1. The number of hydrogen-bond donors (Lipinski definition) is 1. The molecule has 0 bridgehead atoms. The summed E-state index contributed by atoms with van der Waals surface area (Å²) in [6, 6.07) is 7.92. The molecule has 1 aliphatic rings. The van der Waals surface area contributed by atoms with Crippen LogP contribution in [-0.4, -0.2) is 23.0 Å². The van der Waals surface area contributed by atoms with Crippen LogP contribution in [0.3, 0.4) is 0 Å². The van der Waals surface area contributed by atoms with Gasteiger partial charge in [-0.3, -0.25) is 4.79 Å². The summed E-state index contributed by atoms with van der Waals surface area (Å²) in [5, 5.41) is 0.997. The van der Waals surface area contributed by atoms with Crippen molar-refractivity contribution in [1.82, 2.24) is 4.98 Å². The lowest BCUT2D eigenvalue weighted by molar-refractivity contribution is 0.0214. The van der Waals surface area contributed by atoms with E-state index < -0.39 is 5.60 Å². The van der Waals surface area contributed by atoms with Crippen LogP contribution in [0.15, 0.2) is 24.3 Å². The topological polar surface area (TPSA) is 42.1 Å². The van der Waals surface area contributed by atoms with Gasteiger partial charge in [-0.25, -0.2) is 0 Å². The second kappa shape index (κ2) is 3.95. The molecule has 0 radical (unpaired) electrons. The first-order valence-electron chi connectivity index (χ1n) is 6.38. The third-order valence-electron chi connectivity index (χ3n) is 3.82. The molecule has 0 amide bonds. The molecule has 3 nitrogen and oxygen atoms in total. The number of Topliss-reactive ketones (excluding diaryl/α,β-unsaturated/α-hetero) is 1. The maximum atomic E-state index is 12.7. The van der Waals surface area contributed by atoms with Crippen molar-refractivity contribution in [3.8, 4) is 0 Å². The van der Waals surface area contributed by atoms with Gasteiger partial charge in [-0.2, -0.15) is 0 Å². The number of benzene rings is 1. The van der Waals surface area contributed by atoms with Gasteiger partial charge in [-0.15, -0.1) is 0 Å². The fourth-order valence-electron chi connectivity index (χ4n) is 2.79. The van der Waals surface area contributed by atoms with Crippen molar-refractivity contribution in [3.63, 3.8) is 0 Å². The summed E-state index contributed by atoms with van der Waals surface area (Å²) < 4.78 is 5.67. The molecule has 1 aliphatic heterocycles. The number of rotatable bonds is 2. The lowest BCUT2D eigenvalue weighted by Crippen LogP contribution is -2.34. The van der Waals surface area contributed by atoms with Crippen molar-refractivity contribution >= 4 is 16.7 Å². The van der Waals surface area contributed by atoms with Crippen molar-refractivity contribution in [2.75, 3.05) is 6.61 Å². The highest BCUT2D eigenvalue weighted by Crippen LogP contribution is 2.33. The molecule has 1 aromatic carbocycles. The van der Waals surface area contributed by atoms with E-state index in [1.54, 1.807) is 0 Å². The fraction of sp³-hybridized carbons (Fsp3) is 0.400. The van der Waals surface area contributed by atoms with Crippen molar-refractivity contribution < 1.29 is 9.53 Å². The van der Waals surface area contributed by atoms with Crippen LogP contribution in [0.5, 0.6) is 0 Å². The van der Waals surface area contributed by atoms with Crippen LogP contribution in [-0.2, 0) is 4.74 Å². The maximum Gasteiger partial charge on any atom is 0.196 e. The molecule has 1 aromatic heterocycles. The highest BCUT2D eigenvalue weighted by atomic mass is 16.5. The van der Waals surface area contributed by atoms with Crippen molar-refractivity contribution in [1.29, 1.82) is 0 Å². The van der Waals surface area contributed by atoms with Gasteiger partial charge in [0.1, 0.15) is 5.60 Å². The Labute approximate surface area is 106 Å². The standard InChI is InChI=1S/C15H17NO2/c1-10-13(11-6-3-4-7-12(11)16-10)14(17)15(2)8-5-9-18-15/h3-4,6-7,16H,5,8-9H2,1-2H3. The van der Waals surface area contributed by atoms with Gasteiger partial charge >= 0.3 is 0 Å². The molecule has 2 heterocycles. The van der Waals surface area contributed by atoms with Crippen LogP contribution < -0.4 is 0 Å². The first kappa shape index (κ1) is 11.5. The predicted molar refractivity (Wildman–Crippen MR) is 71.0 cm³/mol. The summed E-state index contributed by atoms with van der Waals surface area (Å²) in [6.45, 7) is 4.54. The van der Waals surface area contributed by atoms with Gasteiger partial charge in [0, 0.05) is 28.8 Å². The molecule has 0 aliphatic carbocycles. The third-order valence-corrected chi connectivity index (χ3v) is 3.82. The summed E-state index contributed by atoms with van der Waals surface area (Å²) in [4.78, 5) is 16.0. The van der Waals surface area contributed by atoms with Gasteiger partial charge in [-0.05, 0) is 32.8 Å². The molecule has 1 atom stereocenters. The van der Waals surface area contributed by atoms with Crippen LogP contribution in [0.4, 0.5) is 0 Å². The van der Waals surface area contributed by atoms with Crippen LogP contribution >= 0.6 is 0 Å². The Bertz CT molecular complexity index is 606. The number of ketones is 1. The zero-order valence-corrected chi connectivity index (χ0v) is 10.7. The average molecular weight is 243 g/mol. The molecular formula is C15H17NO2. The lowest BCUT2D eigenvalue weighted by atomic mass is 9.90. The quantitative estimate of drug-likeness (QED) is 0.823. The van der Waals surface area contributed by atoms with E-state index in [-0.39, 0.29) is 5.78 Å². The summed E-state index contributed by atoms with van der Waals surface area (Å²) in [5.74, 6) is 0.106. The van der Waals surface area contributed by atoms with Crippen LogP contribution in [0, 0.1) is 6.92 Å². The molecule has 0 spiro atoms. The number of aromatic nitrogens is 1. The summed E-state index contributed by atoms with van der Waals surface area (Å²) in [6.07, 6.45) is 1.77. The van der Waals surface area contributed by atoms with E-state index >= 15 is 0 Å². The second-order valence-electron chi connectivity index (χ2n) is 5.18. The molecule has 3 heteroatoms. The molecule has 18 heavy (non-hydrogen) atoms. The Kier molecular flexibility index (Phi) is 2.52. The van der Waals surface area contributed by atoms with Crippen LogP contribution in [0.1, 0.15) is 35.8 Å². The van der Waals surface area contributed by atoms with E-state index in [0.29, 0.717) is 6.61 Å². The minimum atomic E-state index is -0.643. The number of nitrogens with one attached hydrogen (secondary N) is 1. The molecular weight excluding hydrogens is 226 g/mol. The number of carbonyl (C=O) groups excluding carboxylic acids is 1. The SMILES string of the molecule is Cc1[nH]c2ccccc2c1C(=O)C1(C)CCCO1. The zero-order valence-electron chi connectivity index (χ0n) is 10.7. The Hall–Kier alpha value is -1.61. The van der Waals surface area contributed by atoms with E-state index in [1.165, 1.54) is 0 Å². The summed E-state index contributed by atoms with van der Waals surface area (Å²) in [5.41, 5.74) is 2.09. The minimum absolute atomic E-state index is 0.106. The van der Waals surface area contributed by atoms with Crippen LogP contribution in [0.2, 0.25) is 0 Å². The van der Waals surface area contributed by atoms with E-state index in [2.05, 4.69) is 4.98 Å². The maximum absolute atomic E-state index is 12.7. The van der Waals surface area contributed by atoms with Gasteiger partial charge in [0.05, 0.1) is 0 Å². The molecule has 94 valence electrons. The number of aromatic amines is 1. The van der Waals surface area contributed by atoms with Gasteiger partial charge < -0.3 is 9.72 Å². The Morgan fingerprint density at radius 1 is 1.39 bits per heavy atom. The minimum Gasteiger partial charge on any atom is -0.367 e. The monoisotopic (exact) mass is 243 g/mol. The molecule has 0 saturated carbocycles. The average Bonchev–Trinajstić information content (AvgIpc) is 2.92. The molecule has 2 aromatic rings. The number of aryl methyl sites for hydroxylation is 1. The lowest BCUT2D eigenvalue weighted by Gasteiger charge is -2.21. The van der Waals surface area contributed by atoms with Gasteiger partial charge in [0.25, 0.3) is 0 Å². The second-order valence-corrected chi connectivity index (χ2v) is 5.18. The van der Waals surface area contributed by atoms with E-state index in [1.807, 2.05) is 38.1 Å². The normalized spacial score (nSPS) is 23.7. The predicted octanol–water partition coefficient (Wildman–Crippen LogP) is 3.23. The van der Waals surface area contributed by atoms with Gasteiger partial charge in [0.15, 0.2) is 5.78 Å².